The van der Waals surface area contributed by atoms with Crippen LogP contribution in [0.3, 0.4) is 0 Å². The Bertz CT molecular complexity index is 1380. The maximum absolute atomic E-state index is 6.74. The Hall–Kier alpha value is -2.34. The summed E-state index contributed by atoms with van der Waals surface area (Å²) in [6.45, 7) is 3.07. The molecule has 1 unspecified atom stereocenters. The van der Waals surface area contributed by atoms with E-state index in [0.29, 0.717) is 0 Å². The first-order valence-corrected chi connectivity index (χ1v) is 16.1. The van der Waals surface area contributed by atoms with E-state index in [2.05, 4.69) is 115 Å². The fourth-order valence-corrected chi connectivity index (χ4v) is 14.3. The second-order valence-electron chi connectivity index (χ2n) is 8.30. The van der Waals surface area contributed by atoms with Crippen molar-refractivity contribution >= 4 is 59.5 Å². The van der Waals surface area contributed by atoms with E-state index < -0.39 is 13.6 Å². The Morgan fingerprint density at radius 1 is 0.912 bits per heavy atom. The molecule has 2 aliphatic rings. The number of halogens is 1. The van der Waals surface area contributed by atoms with Gasteiger partial charge in [-0.3, -0.25) is 0 Å². The highest BCUT2D eigenvalue weighted by molar-refractivity contribution is 8.27. The number of hydrogen-bond donors (Lipinski definition) is 0. The third-order valence-electron chi connectivity index (χ3n) is 6.20. The molecule has 5 rings (SSSR count). The van der Waals surface area contributed by atoms with Crippen LogP contribution in [0.4, 0.5) is 0 Å². The van der Waals surface area contributed by atoms with Crippen molar-refractivity contribution in [3.8, 4) is 0 Å². The highest BCUT2D eigenvalue weighted by Gasteiger charge is 2.38. The lowest BCUT2D eigenvalue weighted by molar-refractivity contribution is 0.513. The van der Waals surface area contributed by atoms with Crippen molar-refractivity contribution in [2.24, 2.45) is 0 Å². The summed E-state index contributed by atoms with van der Waals surface area (Å²) in [4.78, 5) is 2.47. The van der Waals surface area contributed by atoms with Crippen molar-refractivity contribution in [3.63, 3.8) is 0 Å². The first-order valence-electron chi connectivity index (χ1n) is 11.3. The molecule has 0 aliphatic carbocycles. The zero-order chi connectivity index (χ0) is 23.5. The van der Waals surface area contributed by atoms with E-state index in [1.165, 1.54) is 26.8 Å². The molecule has 0 bridgehead atoms. The van der Waals surface area contributed by atoms with Crippen molar-refractivity contribution < 1.29 is 0 Å². The number of nitrogens with zero attached hydrogens (tertiary/aromatic N) is 1. The number of fused-ring (bicyclic) bond motifs is 1. The average Bonchev–Trinajstić information content (AvgIpc) is 3.16. The molecule has 0 spiro atoms. The monoisotopic (exact) mass is 517 g/mol. The molecule has 0 saturated heterocycles. The van der Waals surface area contributed by atoms with Gasteiger partial charge in [-0.2, -0.15) is 0 Å². The third kappa shape index (κ3) is 4.37. The van der Waals surface area contributed by atoms with Crippen LogP contribution in [0.1, 0.15) is 12.5 Å². The van der Waals surface area contributed by atoms with Gasteiger partial charge in [-0.15, -0.1) is 0 Å². The Morgan fingerprint density at radius 3 is 2.24 bits per heavy atom. The topological polar surface area (TPSA) is 3.24 Å². The fourth-order valence-electron chi connectivity index (χ4n) is 4.63. The second-order valence-corrected chi connectivity index (χ2v) is 15.7. The smallest absolute Gasteiger partial charge is 0.0425 e. The highest BCUT2D eigenvalue weighted by atomic mass is 35.5. The quantitative estimate of drug-likeness (QED) is 0.313. The van der Waals surface area contributed by atoms with E-state index in [0.717, 1.165) is 17.1 Å². The summed E-state index contributed by atoms with van der Waals surface area (Å²) in [5, 5.41) is 4.76. The zero-order valence-corrected chi connectivity index (χ0v) is 22.4. The van der Waals surface area contributed by atoms with Crippen molar-refractivity contribution in [1.82, 2.24) is 4.90 Å². The van der Waals surface area contributed by atoms with E-state index in [1.807, 2.05) is 18.2 Å². The predicted molar refractivity (Wildman–Crippen MR) is 158 cm³/mol. The van der Waals surface area contributed by atoms with Gasteiger partial charge in [0.05, 0.1) is 0 Å². The summed E-state index contributed by atoms with van der Waals surface area (Å²) in [6, 6.07) is 27.3. The van der Waals surface area contributed by atoms with Crippen molar-refractivity contribution in [3.05, 3.63) is 136 Å². The van der Waals surface area contributed by atoms with Crippen LogP contribution in [0.25, 0.3) is 6.08 Å². The third-order valence-corrected chi connectivity index (χ3v) is 15.9. The van der Waals surface area contributed by atoms with Crippen LogP contribution in [0.15, 0.2) is 125 Å². The molecule has 2 heterocycles. The van der Waals surface area contributed by atoms with Crippen LogP contribution in [0.2, 0.25) is 5.02 Å². The maximum atomic E-state index is 6.74. The lowest BCUT2D eigenvalue weighted by Gasteiger charge is -2.27. The zero-order valence-electron chi connectivity index (χ0n) is 18.9. The van der Waals surface area contributed by atoms with E-state index in [9.17, 15) is 0 Å². The molecular formula is C29H26ClNP2S. The van der Waals surface area contributed by atoms with Gasteiger partial charge in [-0.05, 0) is 48.9 Å². The first kappa shape index (κ1) is 23.4. The molecule has 0 saturated carbocycles. The average molecular weight is 518 g/mol. The van der Waals surface area contributed by atoms with Crippen molar-refractivity contribution in [1.29, 1.82) is 0 Å². The van der Waals surface area contributed by atoms with Crippen LogP contribution in [-0.4, -0.2) is 17.2 Å². The molecule has 0 radical (unpaired) electrons. The molecule has 1 nitrogen and oxygen atoms in total. The Kier molecular flexibility index (Phi) is 6.96. The van der Waals surface area contributed by atoms with Gasteiger partial charge < -0.3 is 4.90 Å². The summed E-state index contributed by atoms with van der Waals surface area (Å²) in [5.74, 6) is 2.41. The molecule has 3 aromatic carbocycles. The number of hydrogen-bond acceptors (Lipinski definition) is 2. The molecule has 0 amide bonds. The lowest BCUT2D eigenvalue weighted by Crippen LogP contribution is -2.18. The molecule has 0 N–H and O–H groups in total. The van der Waals surface area contributed by atoms with Gasteiger partial charge in [0, 0.05) is 33.8 Å². The van der Waals surface area contributed by atoms with Crippen LogP contribution >= 0.6 is 25.2 Å². The highest BCUT2D eigenvalue weighted by Crippen LogP contribution is 2.70. The van der Waals surface area contributed by atoms with E-state index in [4.69, 9.17) is 23.4 Å². The van der Waals surface area contributed by atoms with Crippen LogP contribution in [0, 0.1) is 0 Å². The molecule has 0 aromatic heterocycles. The normalized spacial score (nSPS) is 17.6. The van der Waals surface area contributed by atoms with E-state index in [-0.39, 0.29) is 0 Å². The second kappa shape index (κ2) is 10.1. The van der Waals surface area contributed by atoms with Gasteiger partial charge >= 0.3 is 0 Å². The molecule has 34 heavy (non-hydrogen) atoms. The van der Waals surface area contributed by atoms with Gasteiger partial charge in [-0.25, -0.2) is 0 Å². The van der Waals surface area contributed by atoms with Gasteiger partial charge in [-0.1, -0.05) is 126 Å². The number of benzene rings is 3. The Labute approximate surface area is 213 Å². The minimum absolute atomic E-state index is 0.758. The number of rotatable bonds is 6. The summed E-state index contributed by atoms with van der Waals surface area (Å²) >= 11 is 12.9. The summed E-state index contributed by atoms with van der Waals surface area (Å²) < 4.78 is 0. The molecule has 0 fully saturated rings. The Balaban J connectivity index is 1.62. The van der Waals surface area contributed by atoms with Crippen LogP contribution in [-0.2, 0) is 11.8 Å². The molecule has 170 valence electrons. The molecule has 2 aliphatic heterocycles. The summed E-state index contributed by atoms with van der Waals surface area (Å²) in [7, 11) is -1.10. The molecule has 3 aromatic rings. The van der Waals surface area contributed by atoms with Gasteiger partial charge in [0.1, 0.15) is 0 Å². The number of allylic oxidation sites excluding steroid dienone is 4. The van der Waals surface area contributed by atoms with Crippen LogP contribution < -0.4 is 10.6 Å². The maximum Gasteiger partial charge on any atom is 0.0425 e. The van der Waals surface area contributed by atoms with Crippen LogP contribution in [0.5, 0.6) is 0 Å². The lowest BCUT2D eigenvalue weighted by atomic mass is 10.2. The Morgan fingerprint density at radius 2 is 1.59 bits per heavy atom. The summed E-state index contributed by atoms with van der Waals surface area (Å²) in [5.41, 5.74) is 3.82. The molecule has 5 heteroatoms. The van der Waals surface area contributed by atoms with Gasteiger partial charge in [0.25, 0.3) is 0 Å². The first-order chi connectivity index (χ1) is 16.6. The van der Waals surface area contributed by atoms with Gasteiger partial charge in [0.2, 0.25) is 0 Å². The summed E-state index contributed by atoms with van der Waals surface area (Å²) in [6.07, 6.45) is 11.0. The van der Waals surface area contributed by atoms with E-state index in [1.54, 1.807) is 0 Å². The molecular weight excluding hydrogens is 492 g/mol. The minimum Gasteiger partial charge on any atom is -0.341 e. The largest absolute Gasteiger partial charge is 0.341 e. The van der Waals surface area contributed by atoms with E-state index >= 15 is 0 Å². The SMILES string of the molecule is CC1=C(P(=S)(c2ccccc2)c2ccccc2)[PH]2=CC=CC=C2N1C/C=C/c1cccc(Cl)c1. The fraction of sp³-hybridized carbons (Fsp3) is 0.0690. The molecule has 1 atom stereocenters. The van der Waals surface area contributed by atoms with Crippen molar-refractivity contribution in [2.45, 2.75) is 6.92 Å². The van der Waals surface area contributed by atoms with Crippen molar-refractivity contribution in [2.75, 3.05) is 6.54 Å². The minimum atomic E-state index is -2.18. The standard InChI is InChI=1S/C29H26ClNP2S/c1-23-29(33(34,26-15-4-2-5-16-26)27-17-6-3-7-18-27)32-21-9-8-19-28(32)31(23)20-11-13-24-12-10-14-25(30)22-24/h2-19,21-22,32H,20H2,1H3/b13-11+. The van der Waals surface area contributed by atoms with Gasteiger partial charge in [0.15, 0.2) is 0 Å². The predicted octanol–water partition coefficient (Wildman–Crippen LogP) is 7.42.